The Bertz CT molecular complexity index is 845. The molecule has 1 unspecified atom stereocenters. The number of hydrogen-bond acceptors (Lipinski definition) is 4. The van der Waals surface area contributed by atoms with Gasteiger partial charge in [-0.05, 0) is 31.7 Å². The van der Waals surface area contributed by atoms with E-state index in [1.54, 1.807) is 6.20 Å². The number of aromatic amines is 1. The number of piperidine rings is 1. The fourth-order valence-electron chi connectivity index (χ4n) is 4.51. The van der Waals surface area contributed by atoms with Crippen LogP contribution in [-0.2, 0) is 4.79 Å². The van der Waals surface area contributed by atoms with Crippen LogP contribution in [0.2, 0.25) is 0 Å². The van der Waals surface area contributed by atoms with E-state index in [-0.39, 0.29) is 30.0 Å². The van der Waals surface area contributed by atoms with E-state index in [4.69, 9.17) is 5.73 Å². The van der Waals surface area contributed by atoms with Crippen LogP contribution in [0.5, 0.6) is 0 Å². The minimum atomic E-state index is -0.488. The third kappa shape index (κ3) is 2.71. The Labute approximate surface area is 152 Å². The SMILES string of the molecule is CC(C)C(=O)N1[C@@H]2CC[C@H]1CC(Nc1c(C(N)=O)cnc3[nH]ccc13)C2. The zero-order valence-electron chi connectivity index (χ0n) is 15.2. The van der Waals surface area contributed by atoms with Gasteiger partial charge in [0.1, 0.15) is 5.65 Å². The van der Waals surface area contributed by atoms with E-state index in [1.165, 1.54) is 6.20 Å². The van der Waals surface area contributed by atoms with Gasteiger partial charge in [0.2, 0.25) is 5.91 Å². The Balaban J connectivity index is 1.59. The number of carbonyl (C=O) groups excluding carboxylic acids is 2. The van der Waals surface area contributed by atoms with Gasteiger partial charge < -0.3 is 20.9 Å². The predicted octanol–water partition coefficient (Wildman–Crippen LogP) is 2.25. The second kappa shape index (κ2) is 6.30. The number of rotatable bonds is 4. The van der Waals surface area contributed by atoms with Gasteiger partial charge in [0.15, 0.2) is 0 Å². The number of H-pyrrole nitrogens is 1. The van der Waals surface area contributed by atoms with E-state index < -0.39 is 5.91 Å². The number of fused-ring (bicyclic) bond motifs is 3. The molecule has 0 radical (unpaired) electrons. The van der Waals surface area contributed by atoms with E-state index in [2.05, 4.69) is 20.2 Å². The second-order valence-corrected chi connectivity index (χ2v) is 7.75. The van der Waals surface area contributed by atoms with Crippen molar-refractivity contribution in [2.75, 3.05) is 5.32 Å². The third-order valence-corrected chi connectivity index (χ3v) is 5.68. The first kappa shape index (κ1) is 16.9. The maximum Gasteiger partial charge on any atom is 0.252 e. The first-order valence-electron chi connectivity index (χ1n) is 9.30. The molecule has 4 heterocycles. The zero-order valence-corrected chi connectivity index (χ0v) is 15.2. The Kier molecular flexibility index (Phi) is 4.09. The van der Waals surface area contributed by atoms with E-state index >= 15 is 0 Å². The molecule has 2 aromatic rings. The molecule has 2 aromatic heterocycles. The lowest BCUT2D eigenvalue weighted by Crippen LogP contribution is -2.51. The molecule has 2 aliphatic rings. The summed E-state index contributed by atoms with van der Waals surface area (Å²) in [6, 6.07) is 2.68. The van der Waals surface area contributed by atoms with Crippen molar-refractivity contribution in [3.8, 4) is 0 Å². The molecule has 2 aliphatic heterocycles. The molecule has 7 heteroatoms. The monoisotopic (exact) mass is 355 g/mol. The van der Waals surface area contributed by atoms with Gasteiger partial charge in [0.25, 0.3) is 5.91 Å². The van der Waals surface area contributed by atoms with Crippen molar-refractivity contribution >= 4 is 28.5 Å². The van der Waals surface area contributed by atoms with Crippen LogP contribution in [0.1, 0.15) is 49.9 Å². The second-order valence-electron chi connectivity index (χ2n) is 7.75. The quantitative estimate of drug-likeness (QED) is 0.782. The van der Waals surface area contributed by atoms with Gasteiger partial charge in [-0.15, -0.1) is 0 Å². The van der Waals surface area contributed by atoms with Crippen molar-refractivity contribution in [2.24, 2.45) is 11.7 Å². The number of primary amides is 1. The number of aromatic nitrogens is 2. The molecule has 0 aromatic carbocycles. The molecule has 2 fully saturated rings. The van der Waals surface area contributed by atoms with E-state index in [1.807, 2.05) is 19.9 Å². The summed E-state index contributed by atoms with van der Waals surface area (Å²) in [5, 5.41) is 4.42. The molecule has 4 N–H and O–H groups in total. The summed E-state index contributed by atoms with van der Waals surface area (Å²) in [6.07, 6.45) is 7.22. The van der Waals surface area contributed by atoms with Gasteiger partial charge in [-0.2, -0.15) is 0 Å². The fraction of sp³-hybridized carbons (Fsp3) is 0.526. The number of nitrogens with zero attached hydrogens (tertiary/aromatic N) is 2. The fourth-order valence-corrected chi connectivity index (χ4v) is 4.51. The average Bonchev–Trinajstić information content (AvgIpc) is 3.17. The minimum absolute atomic E-state index is 0.0313. The van der Waals surface area contributed by atoms with Crippen molar-refractivity contribution in [1.82, 2.24) is 14.9 Å². The highest BCUT2D eigenvalue weighted by Crippen LogP contribution is 2.38. The van der Waals surface area contributed by atoms with Crippen LogP contribution in [0.4, 0.5) is 5.69 Å². The number of anilines is 1. The topological polar surface area (TPSA) is 104 Å². The van der Waals surface area contributed by atoms with Crippen LogP contribution >= 0.6 is 0 Å². The third-order valence-electron chi connectivity index (χ3n) is 5.68. The first-order valence-corrected chi connectivity index (χ1v) is 9.30. The molecule has 26 heavy (non-hydrogen) atoms. The predicted molar refractivity (Wildman–Crippen MR) is 99.8 cm³/mol. The molecule has 3 atom stereocenters. The lowest BCUT2D eigenvalue weighted by molar-refractivity contribution is -0.139. The lowest BCUT2D eigenvalue weighted by Gasteiger charge is -2.40. The van der Waals surface area contributed by atoms with Crippen molar-refractivity contribution in [3.63, 3.8) is 0 Å². The van der Waals surface area contributed by atoms with Crippen LogP contribution in [-0.4, -0.2) is 44.8 Å². The number of nitrogens with two attached hydrogens (primary N) is 1. The standard InChI is InChI=1S/C19H25N5O2/c1-10(2)19(26)24-12-3-4-13(24)8-11(7-12)23-16-14-5-6-21-18(14)22-9-15(16)17(20)25/h5-6,9-13H,3-4,7-8H2,1-2H3,(H2,20,25)(H2,21,22,23)/t11?,12-,13+. The van der Waals surface area contributed by atoms with E-state index in [0.29, 0.717) is 5.56 Å². The summed E-state index contributed by atoms with van der Waals surface area (Å²) in [6.45, 7) is 3.93. The Morgan fingerprint density at radius 3 is 2.62 bits per heavy atom. The van der Waals surface area contributed by atoms with Crippen molar-refractivity contribution in [2.45, 2.75) is 57.7 Å². The normalized spacial score (nSPS) is 25.0. The number of nitrogens with one attached hydrogen (secondary N) is 2. The highest BCUT2D eigenvalue weighted by Gasteiger charge is 2.43. The van der Waals surface area contributed by atoms with Crippen LogP contribution in [0.3, 0.4) is 0 Å². The van der Waals surface area contributed by atoms with Crippen molar-refractivity contribution in [3.05, 3.63) is 24.0 Å². The van der Waals surface area contributed by atoms with Gasteiger partial charge in [-0.25, -0.2) is 4.98 Å². The maximum absolute atomic E-state index is 12.5. The summed E-state index contributed by atoms with van der Waals surface area (Å²) in [5.74, 6) is -0.201. The summed E-state index contributed by atoms with van der Waals surface area (Å²) < 4.78 is 0. The highest BCUT2D eigenvalue weighted by molar-refractivity contribution is 6.06. The molecule has 2 bridgehead atoms. The molecular weight excluding hydrogens is 330 g/mol. The van der Waals surface area contributed by atoms with Crippen LogP contribution in [0.15, 0.2) is 18.5 Å². The summed E-state index contributed by atoms with van der Waals surface area (Å²) in [7, 11) is 0. The van der Waals surface area contributed by atoms with E-state index in [0.717, 1.165) is 42.4 Å². The zero-order chi connectivity index (χ0) is 18.4. The summed E-state index contributed by atoms with van der Waals surface area (Å²) in [5.41, 5.74) is 7.44. The van der Waals surface area contributed by atoms with Crippen LogP contribution < -0.4 is 11.1 Å². The number of pyridine rings is 1. The summed E-state index contributed by atoms with van der Waals surface area (Å²) >= 11 is 0. The number of amides is 2. The van der Waals surface area contributed by atoms with Gasteiger partial charge >= 0.3 is 0 Å². The van der Waals surface area contributed by atoms with E-state index in [9.17, 15) is 9.59 Å². The van der Waals surface area contributed by atoms with Gasteiger partial charge in [0.05, 0.1) is 11.3 Å². The number of hydrogen-bond donors (Lipinski definition) is 3. The molecule has 0 aliphatic carbocycles. The molecule has 0 saturated carbocycles. The number of carbonyl (C=O) groups is 2. The molecule has 138 valence electrons. The molecular formula is C19H25N5O2. The average molecular weight is 355 g/mol. The van der Waals surface area contributed by atoms with Gasteiger partial charge in [-0.1, -0.05) is 13.8 Å². The van der Waals surface area contributed by atoms with Crippen LogP contribution in [0, 0.1) is 5.92 Å². The molecule has 2 saturated heterocycles. The maximum atomic E-state index is 12.5. The molecule has 0 spiro atoms. The van der Waals surface area contributed by atoms with Crippen molar-refractivity contribution < 1.29 is 9.59 Å². The molecule has 7 nitrogen and oxygen atoms in total. The highest BCUT2D eigenvalue weighted by atomic mass is 16.2. The minimum Gasteiger partial charge on any atom is -0.381 e. The van der Waals surface area contributed by atoms with Gasteiger partial charge in [0, 0.05) is 41.8 Å². The van der Waals surface area contributed by atoms with Crippen molar-refractivity contribution in [1.29, 1.82) is 0 Å². The Morgan fingerprint density at radius 2 is 2.00 bits per heavy atom. The van der Waals surface area contributed by atoms with Crippen LogP contribution in [0.25, 0.3) is 11.0 Å². The molecule has 2 amide bonds. The first-order chi connectivity index (χ1) is 12.5. The summed E-state index contributed by atoms with van der Waals surface area (Å²) in [4.78, 5) is 33.8. The lowest BCUT2D eigenvalue weighted by atomic mass is 9.95. The Hall–Kier alpha value is -2.57. The largest absolute Gasteiger partial charge is 0.381 e. The Morgan fingerprint density at radius 1 is 1.31 bits per heavy atom. The van der Waals surface area contributed by atoms with Gasteiger partial charge in [-0.3, -0.25) is 9.59 Å². The molecule has 4 rings (SSSR count). The smallest absolute Gasteiger partial charge is 0.252 e.